The molecule has 15 heavy (non-hydrogen) atoms. The molecule has 1 aliphatic rings. The Morgan fingerprint density at radius 3 is 2.53 bits per heavy atom. The predicted molar refractivity (Wildman–Crippen MR) is 53.5 cm³/mol. The Hall–Kier alpha value is -1.10. The minimum Gasteiger partial charge on any atom is -0.480 e. The van der Waals surface area contributed by atoms with E-state index in [0.717, 1.165) is 6.42 Å². The molecule has 1 heterocycles. The SMILES string of the molecule is COC(C)(C)C(=O)N1CCCC1C(=O)O. The summed E-state index contributed by atoms with van der Waals surface area (Å²) in [5.74, 6) is -1.19. The number of likely N-dealkylation sites (tertiary alicyclic amines) is 1. The van der Waals surface area contributed by atoms with Gasteiger partial charge in [0.05, 0.1) is 0 Å². The third-order valence-corrected chi connectivity index (χ3v) is 2.82. The van der Waals surface area contributed by atoms with Crippen molar-refractivity contribution in [2.45, 2.75) is 38.3 Å². The van der Waals surface area contributed by atoms with E-state index in [4.69, 9.17) is 9.84 Å². The van der Waals surface area contributed by atoms with E-state index >= 15 is 0 Å². The fourth-order valence-electron chi connectivity index (χ4n) is 1.70. The summed E-state index contributed by atoms with van der Waals surface area (Å²) in [5.41, 5.74) is -0.946. The highest BCUT2D eigenvalue weighted by Crippen LogP contribution is 2.22. The normalized spacial score (nSPS) is 21.8. The molecule has 0 aromatic heterocycles. The van der Waals surface area contributed by atoms with Crippen molar-refractivity contribution in [3.05, 3.63) is 0 Å². The summed E-state index contributed by atoms with van der Waals surface area (Å²) >= 11 is 0. The zero-order valence-electron chi connectivity index (χ0n) is 9.32. The Bertz CT molecular complexity index is 275. The summed E-state index contributed by atoms with van der Waals surface area (Å²) in [6.07, 6.45) is 1.27. The lowest BCUT2D eigenvalue weighted by Gasteiger charge is -2.30. The molecular weight excluding hydrogens is 198 g/mol. The quantitative estimate of drug-likeness (QED) is 0.744. The molecule has 1 rings (SSSR count). The number of methoxy groups -OCH3 is 1. The van der Waals surface area contributed by atoms with E-state index in [-0.39, 0.29) is 5.91 Å². The Morgan fingerprint density at radius 2 is 2.07 bits per heavy atom. The van der Waals surface area contributed by atoms with Crippen LogP contribution in [-0.2, 0) is 14.3 Å². The van der Waals surface area contributed by atoms with Gasteiger partial charge in [-0.2, -0.15) is 0 Å². The lowest BCUT2D eigenvalue weighted by atomic mass is 10.1. The predicted octanol–water partition coefficient (Wildman–Crippen LogP) is 0.487. The smallest absolute Gasteiger partial charge is 0.326 e. The van der Waals surface area contributed by atoms with Crippen LogP contribution in [0.2, 0.25) is 0 Å². The Morgan fingerprint density at radius 1 is 1.47 bits per heavy atom. The van der Waals surface area contributed by atoms with Gasteiger partial charge in [-0.25, -0.2) is 4.79 Å². The lowest BCUT2D eigenvalue weighted by Crippen LogP contribution is -2.50. The number of nitrogens with zero attached hydrogens (tertiary/aromatic N) is 1. The molecule has 0 radical (unpaired) electrons. The van der Waals surface area contributed by atoms with Crippen LogP contribution >= 0.6 is 0 Å². The van der Waals surface area contributed by atoms with Crippen molar-refractivity contribution in [2.75, 3.05) is 13.7 Å². The minimum atomic E-state index is -0.946. The fourth-order valence-corrected chi connectivity index (χ4v) is 1.70. The van der Waals surface area contributed by atoms with Gasteiger partial charge in [0.25, 0.3) is 5.91 Å². The number of carbonyl (C=O) groups excluding carboxylic acids is 1. The lowest BCUT2D eigenvalue weighted by molar-refractivity contribution is -0.158. The van der Waals surface area contributed by atoms with Crippen LogP contribution < -0.4 is 0 Å². The van der Waals surface area contributed by atoms with E-state index in [1.807, 2.05) is 0 Å². The number of amides is 1. The average Bonchev–Trinajstić information content (AvgIpc) is 2.64. The molecule has 0 saturated carbocycles. The van der Waals surface area contributed by atoms with Crippen LogP contribution in [0.3, 0.4) is 0 Å². The largest absolute Gasteiger partial charge is 0.480 e. The van der Waals surface area contributed by atoms with Gasteiger partial charge in [-0.15, -0.1) is 0 Å². The van der Waals surface area contributed by atoms with Crippen molar-refractivity contribution in [2.24, 2.45) is 0 Å². The number of aliphatic carboxylic acids is 1. The number of rotatable bonds is 3. The summed E-state index contributed by atoms with van der Waals surface area (Å²) in [6, 6.07) is -0.688. The molecule has 1 unspecified atom stereocenters. The molecule has 0 aliphatic carbocycles. The molecule has 5 nitrogen and oxygen atoms in total. The van der Waals surface area contributed by atoms with Gasteiger partial charge in [-0.3, -0.25) is 4.79 Å². The average molecular weight is 215 g/mol. The number of ether oxygens (including phenoxy) is 1. The molecule has 5 heteroatoms. The van der Waals surface area contributed by atoms with Gasteiger partial charge < -0.3 is 14.7 Å². The van der Waals surface area contributed by atoms with Crippen molar-refractivity contribution in [1.29, 1.82) is 0 Å². The van der Waals surface area contributed by atoms with E-state index in [9.17, 15) is 9.59 Å². The first-order valence-corrected chi connectivity index (χ1v) is 4.99. The minimum absolute atomic E-state index is 0.255. The zero-order chi connectivity index (χ0) is 11.6. The molecule has 0 bridgehead atoms. The summed E-state index contributed by atoms with van der Waals surface area (Å²) < 4.78 is 5.06. The van der Waals surface area contributed by atoms with Crippen molar-refractivity contribution in [3.8, 4) is 0 Å². The van der Waals surface area contributed by atoms with Gasteiger partial charge >= 0.3 is 5.97 Å². The molecule has 1 amide bonds. The highest BCUT2D eigenvalue weighted by Gasteiger charge is 2.40. The van der Waals surface area contributed by atoms with Crippen LogP contribution in [0.25, 0.3) is 0 Å². The topological polar surface area (TPSA) is 66.8 Å². The molecule has 0 aromatic rings. The summed E-state index contributed by atoms with van der Waals surface area (Å²) in [7, 11) is 1.45. The molecule has 1 saturated heterocycles. The second kappa shape index (κ2) is 4.18. The van der Waals surface area contributed by atoms with Crippen LogP contribution in [0, 0.1) is 0 Å². The Kier molecular flexibility index (Phi) is 3.34. The number of hydrogen-bond donors (Lipinski definition) is 1. The maximum atomic E-state index is 12.0. The molecule has 0 aromatic carbocycles. The summed E-state index contributed by atoms with van der Waals surface area (Å²) in [6.45, 7) is 3.79. The van der Waals surface area contributed by atoms with Crippen molar-refractivity contribution in [1.82, 2.24) is 4.90 Å². The van der Waals surface area contributed by atoms with E-state index in [0.29, 0.717) is 13.0 Å². The molecule has 1 N–H and O–H groups in total. The first-order chi connectivity index (χ1) is 6.90. The molecule has 1 atom stereocenters. The van der Waals surface area contributed by atoms with E-state index < -0.39 is 17.6 Å². The molecule has 0 spiro atoms. The third kappa shape index (κ3) is 2.28. The molecule has 86 valence electrons. The summed E-state index contributed by atoms with van der Waals surface area (Å²) in [4.78, 5) is 24.2. The second-order valence-corrected chi connectivity index (χ2v) is 4.21. The van der Waals surface area contributed by atoms with E-state index in [2.05, 4.69) is 0 Å². The molecule has 1 fully saturated rings. The van der Waals surface area contributed by atoms with Gasteiger partial charge in [-0.1, -0.05) is 0 Å². The number of carboxylic acids is 1. The maximum absolute atomic E-state index is 12.0. The molecule has 1 aliphatic heterocycles. The zero-order valence-corrected chi connectivity index (χ0v) is 9.32. The van der Waals surface area contributed by atoms with Gasteiger partial charge in [0.15, 0.2) is 0 Å². The van der Waals surface area contributed by atoms with Gasteiger partial charge in [0, 0.05) is 13.7 Å². The van der Waals surface area contributed by atoms with Crippen LogP contribution in [0.5, 0.6) is 0 Å². The number of carbonyl (C=O) groups is 2. The summed E-state index contributed by atoms with van der Waals surface area (Å²) in [5, 5.41) is 8.94. The fraction of sp³-hybridized carbons (Fsp3) is 0.800. The number of carboxylic acid groups (broad SMARTS) is 1. The van der Waals surface area contributed by atoms with E-state index in [1.54, 1.807) is 13.8 Å². The van der Waals surface area contributed by atoms with Crippen LogP contribution in [0.15, 0.2) is 0 Å². The standard InChI is InChI=1S/C10H17NO4/c1-10(2,15-3)9(14)11-6-4-5-7(11)8(12)13/h7H,4-6H2,1-3H3,(H,12,13). The Balaban J connectivity index is 2.79. The first kappa shape index (κ1) is 12.0. The van der Waals surface area contributed by atoms with Crippen LogP contribution in [-0.4, -0.2) is 47.2 Å². The maximum Gasteiger partial charge on any atom is 0.326 e. The molecular formula is C10H17NO4. The van der Waals surface area contributed by atoms with Crippen molar-refractivity contribution < 1.29 is 19.4 Å². The van der Waals surface area contributed by atoms with E-state index in [1.165, 1.54) is 12.0 Å². The highest BCUT2D eigenvalue weighted by molar-refractivity contribution is 5.89. The van der Waals surface area contributed by atoms with Crippen LogP contribution in [0.4, 0.5) is 0 Å². The van der Waals surface area contributed by atoms with Gasteiger partial charge in [-0.05, 0) is 26.7 Å². The second-order valence-electron chi connectivity index (χ2n) is 4.21. The monoisotopic (exact) mass is 215 g/mol. The Labute approximate surface area is 89.0 Å². The van der Waals surface area contributed by atoms with Gasteiger partial charge in [0.1, 0.15) is 11.6 Å². The van der Waals surface area contributed by atoms with Gasteiger partial charge in [0.2, 0.25) is 0 Å². The number of hydrogen-bond acceptors (Lipinski definition) is 3. The highest BCUT2D eigenvalue weighted by atomic mass is 16.5. The third-order valence-electron chi connectivity index (χ3n) is 2.82. The van der Waals surface area contributed by atoms with Crippen molar-refractivity contribution in [3.63, 3.8) is 0 Å². The van der Waals surface area contributed by atoms with Crippen LogP contribution in [0.1, 0.15) is 26.7 Å². The van der Waals surface area contributed by atoms with Crippen molar-refractivity contribution >= 4 is 11.9 Å². The first-order valence-electron chi connectivity index (χ1n) is 4.99.